The molecule has 0 aliphatic carbocycles. The lowest BCUT2D eigenvalue weighted by Gasteiger charge is -2.08. The van der Waals surface area contributed by atoms with E-state index in [1.807, 2.05) is 42.5 Å². The van der Waals surface area contributed by atoms with Crippen molar-refractivity contribution < 1.29 is 9.53 Å². The predicted octanol–water partition coefficient (Wildman–Crippen LogP) is 4.34. The summed E-state index contributed by atoms with van der Waals surface area (Å²) in [4.78, 5) is 16.6. The van der Waals surface area contributed by atoms with Crippen molar-refractivity contribution in [3.63, 3.8) is 0 Å². The Balaban J connectivity index is 1.71. The minimum Gasteiger partial charge on any atom is -0.497 e. The first kappa shape index (κ1) is 17.0. The molecule has 126 valence electrons. The number of halogens is 1. The van der Waals surface area contributed by atoms with Crippen LogP contribution in [0, 0.1) is 0 Å². The molecule has 0 aliphatic heterocycles. The Morgan fingerprint density at radius 3 is 2.44 bits per heavy atom. The van der Waals surface area contributed by atoms with E-state index in [0.717, 1.165) is 22.4 Å². The van der Waals surface area contributed by atoms with Crippen LogP contribution >= 0.6 is 11.6 Å². The van der Waals surface area contributed by atoms with Gasteiger partial charge in [0.05, 0.1) is 12.7 Å². The molecular formula is C20H17ClN2O2. The van der Waals surface area contributed by atoms with Crippen LogP contribution in [-0.2, 0) is 6.54 Å². The minimum absolute atomic E-state index is 0.169. The Morgan fingerprint density at radius 1 is 1.04 bits per heavy atom. The second kappa shape index (κ2) is 7.81. The zero-order valence-electron chi connectivity index (χ0n) is 13.7. The number of carbonyl (C=O) groups excluding carboxylic acids is 1. The molecule has 0 saturated heterocycles. The highest BCUT2D eigenvalue weighted by Crippen LogP contribution is 2.22. The van der Waals surface area contributed by atoms with E-state index in [9.17, 15) is 4.79 Å². The van der Waals surface area contributed by atoms with Gasteiger partial charge in [-0.25, -0.2) is 0 Å². The number of methoxy groups -OCH3 is 1. The Bertz CT molecular complexity index is 862. The summed E-state index contributed by atoms with van der Waals surface area (Å²) < 4.78 is 5.16. The molecule has 1 N–H and O–H groups in total. The standard InChI is InChI=1S/C20H17ClN2O2/c1-25-19-8-4-15(5-9-19)16-10-17(13-22-12-16)20(24)23-11-14-2-6-18(21)7-3-14/h2-10,12-13H,11H2,1H3,(H,23,24). The zero-order valence-corrected chi connectivity index (χ0v) is 14.5. The highest BCUT2D eigenvalue weighted by atomic mass is 35.5. The van der Waals surface area contributed by atoms with Crippen molar-refractivity contribution >= 4 is 17.5 Å². The number of ether oxygens (including phenoxy) is 1. The molecule has 0 bridgehead atoms. The molecule has 2 aromatic carbocycles. The molecule has 5 heteroatoms. The first-order chi connectivity index (χ1) is 12.2. The van der Waals surface area contributed by atoms with Crippen molar-refractivity contribution in [3.05, 3.63) is 83.1 Å². The predicted molar refractivity (Wildman–Crippen MR) is 98.8 cm³/mol. The van der Waals surface area contributed by atoms with Gasteiger partial charge in [-0.1, -0.05) is 35.9 Å². The Hall–Kier alpha value is -2.85. The summed E-state index contributed by atoms with van der Waals surface area (Å²) in [7, 11) is 1.63. The zero-order chi connectivity index (χ0) is 17.6. The lowest BCUT2D eigenvalue weighted by atomic mass is 10.1. The molecule has 0 saturated carbocycles. The van der Waals surface area contributed by atoms with Gasteiger partial charge in [0.25, 0.3) is 5.91 Å². The van der Waals surface area contributed by atoms with E-state index in [-0.39, 0.29) is 5.91 Å². The lowest BCUT2D eigenvalue weighted by Crippen LogP contribution is -2.22. The molecule has 4 nitrogen and oxygen atoms in total. The van der Waals surface area contributed by atoms with Gasteiger partial charge in [-0.2, -0.15) is 0 Å². The molecular weight excluding hydrogens is 336 g/mol. The normalized spacial score (nSPS) is 10.3. The molecule has 3 rings (SSSR count). The van der Waals surface area contributed by atoms with Crippen LogP contribution in [0.3, 0.4) is 0 Å². The summed E-state index contributed by atoms with van der Waals surface area (Å²) in [5.74, 6) is 0.617. The van der Waals surface area contributed by atoms with Gasteiger partial charge in [0, 0.05) is 29.5 Å². The molecule has 3 aromatic rings. The third-order valence-electron chi connectivity index (χ3n) is 3.79. The van der Waals surface area contributed by atoms with Crippen molar-refractivity contribution in [3.8, 4) is 16.9 Å². The van der Waals surface area contributed by atoms with Gasteiger partial charge in [0.1, 0.15) is 5.75 Å². The van der Waals surface area contributed by atoms with Crippen molar-refractivity contribution in [1.29, 1.82) is 0 Å². The Morgan fingerprint density at radius 2 is 1.76 bits per heavy atom. The molecule has 1 amide bonds. The smallest absolute Gasteiger partial charge is 0.253 e. The highest BCUT2D eigenvalue weighted by Gasteiger charge is 2.08. The van der Waals surface area contributed by atoms with Crippen LogP contribution in [0.2, 0.25) is 5.02 Å². The van der Waals surface area contributed by atoms with Crippen LogP contribution in [0.15, 0.2) is 67.0 Å². The molecule has 25 heavy (non-hydrogen) atoms. The third kappa shape index (κ3) is 4.37. The number of nitrogens with zero attached hydrogens (tertiary/aromatic N) is 1. The third-order valence-corrected chi connectivity index (χ3v) is 4.04. The molecule has 0 unspecified atom stereocenters. The van der Waals surface area contributed by atoms with Gasteiger partial charge < -0.3 is 10.1 Å². The van der Waals surface area contributed by atoms with Crippen LogP contribution in [0.4, 0.5) is 0 Å². The molecule has 1 heterocycles. The fraction of sp³-hybridized carbons (Fsp3) is 0.100. The maximum atomic E-state index is 12.4. The van der Waals surface area contributed by atoms with Crippen molar-refractivity contribution in [2.24, 2.45) is 0 Å². The summed E-state index contributed by atoms with van der Waals surface area (Å²) in [6.07, 6.45) is 3.29. The second-order valence-corrected chi connectivity index (χ2v) is 5.94. The summed E-state index contributed by atoms with van der Waals surface area (Å²) in [6, 6.07) is 16.8. The molecule has 1 aromatic heterocycles. The van der Waals surface area contributed by atoms with Gasteiger partial charge in [-0.15, -0.1) is 0 Å². The number of pyridine rings is 1. The van der Waals surface area contributed by atoms with E-state index in [2.05, 4.69) is 10.3 Å². The number of hydrogen-bond acceptors (Lipinski definition) is 3. The molecule has 0 radical (unpaired) electrons. The topological polar surface area (TPSA) is 51.2 Å². The van der Waals surface area contributed by atoms with Crippen molar-refractivity contribution in [1.82, 2.24) is 10.3 Å². The number of aromatic nitrogens is 1. The van der Waals surface area contributed by atoms with E-state index < -0.39 is 0 Å². The summed E-state index contributed by atoms with van der Waals surface area (Å²) in [6.45, 7) is 0.433. The minimum atomic E-state index is -0.169. The number of amides is 1. The van der Waals surface area contributed by atoms with Gasteiger partial charge in [0.15, 0.2) is 0 Å². The largest absolute Gasteiger partial charge is 0.497 e. The monoisotopic (exact) mass is 352 g/mol. The number of carbonyl (C=O) groups is 1. The lowest BCUT2D eigenvalue weighted by molar-refractivity contribution is 0.0950. The first-order valence-electron chi connectivity index (χ1n) is 7.78. The van der Waals surface area contributed by atoms with Gasteiger partial charge in [-0.3, -0.25) is 9.78 Å². The van der Waals surface area contributed by atoms with Crippen LogP contribution < -0.4 is 10.1 Å². The van der Waals surface area contributed by atoms with Crippen LogP contribution in [0.1, 0.15) is 15.9 Å². The maximum absolute atomic E-state index is 12.4. The van der Waals surface area contributed by atoms with Crippen molar-refractivity contribution in [2.45, 2.75) is 6.54 Å². The molecule has 0 fully saturated rings. The fourth-order valence-corrected chi connectivity index (χ4v) is 2.52. The van der Waals surface area contributed by atoms with E-state index in [1.54, 1.807) is 31.6 Å². The Kier molecular flexibility index (Phi) is 5.31. The summed E-state index contributed by atoms with van der Waals surface area (Å²) in [5, 5.41) is 3.56. The SMILES string of the molecule is COc1ccc(-c2cncc(C(=O)NCc3ccc(Cl)cc3)c2)cc1. The Labute approximate surface area is 151 Å². The van der Waals surface area contributed by atoms with Crippen molar-refractivity contribution in [2.75, 3.05) is 7.11 Å². The van der Waals surface area contributed by atoms with E-state index in [0.29, 0.717) is 17.1 Å². The molecule has 0 aliphatic rings. The quantitative estimate of drug-likeness (QED) is 0.743. The summed E-state index contributed by atoms with van der Waals surface area (Å²) >= 11 is 5.86. The number of hydrogen-bond donors (Lipinski definition) is 1. The van der Waals surface area contributed by atoms with E-state index in [1.165, 1.54) is 0 Å². The number of benzene rings is 2. The highest BCUT2D eigenvalue weighted by molar-refractivity contribution is 6.30. The second-order valence-electron chi connectivity index (χ2n) is 5.50. The van der Waals surface area contributed by atoms with Crippen LogP contribution in [0.5, 0.6) is 5.75 Å². The van der Waals surface area contributed by atoms with E-state index in [4.69, 9.17) is 16.3 Å². The number of nitrogens with one attached hydrogen (secondary N) is 1. The molecule has 0 spiro atoms. The maximum Gasteiger partial charge on any atom is 0.253 e. The average molecular weight is 353 g/mol. The first-order valence-corrected chi connectivity index (χ1v) is 8.15. The number of rotatable bonds is 5. The average Bonchev–Trinajstić information content (AvgIpc) is 2.67. The summed E-state index contributed by atoms with van der Waals surface area (Å²) in [5.41, 5.74) is 3.35. The molecule has 0 atom stereocenters. The van der Waals surface area contributed by atoms with Crippen LogP contribution in [-0.4, -0.2) is 18.0 Å². The van der Waals surface area contributed by atoms with Crippen LogP contribution in [0.25, 0.3) is 11.1 Å². The van der Waals surface area contributed by atoms with E-state index >= 15 is 0 Å². The van der Waals surface area contributed by atoms with Gasteiger partial charge in [0.2, 0.25) is 0 Å². The van der Waals surface area contributed by atoms with Gasteiger partial charge >= 0.3 is 0 Å². The fourth-order valence-electron chi connectivity index (χ4n) is 2.39. The van der Waals surface area contributed by atoms with Gasteiger partial charge in [-0.05, 0) is 41.5 Å².